The molecule has 2 aliphatic carbocycles. The van der Waals surface area contributed by atoms with Crippen molar-refractivity contribution in [1.82, 2.24) is 25.3 Å². The number of halogens is 1. The highest BCUT2D eigenvalue weighted by atomic mass is 32.2. The normalized spacial score (nSPS) is 30.8. The number of methoxy groups -OCH3 is 1. The molecule has 3 heterocycles. The van der Waals surface area contributed by atoms with Crippen LogP contribution in [0.25, 0.3) is 11.2 Å². The predicted octanol–water partition coefficient (Wildman–Crippen LogP) is 2.52. The molecule has 2 fully saturated rings. The van der Waals surface area contributed by atoms with Gasteiger partial charge in [-0.15, -0.1) is 0 Å². The van der Waals surface area contributed by atoms with Gasteiger partial charge in [-0.25, -0.2) is 27.8 Å². The number of anilines is 1. The smallest absolute Gasteiger partial charge is 0.234 e. The van der Waals surface area contributed by atoms with Gasteiger partial charge in [0.15, 0.2) is 26.8 Å². The van der Waals surface area contributed by atoms with E-state index in [0.29, 0.717) is 28.6 Å². The molecule has 2 aromatic heterocycles. The summed E-state index contributed by atoms with van der Waals surface area (Å²) in [4.78, 5) is 16.9. The molecule has 0 bridgehead atoms. The molecule has 1 aliphatic heterocycles. The Morgan fingerprint density at radius 1 is 1.24 bits per heavy atom. The van der Waals surface area contributed by atoms with Gasteiger partial charge >= 0.3 is 0 Å². The lowest BCUT2D eigenvalue weighted by Gasteiger charge is -2.48. The Labute approximate surface area is 196 Å². The van der Waals surface area contributed by atoms with Gasteiger partial charge in [-0.2, -0.15) is 4.98 Å². The fourth-order valence-electron chi connectivity index (χ4n) is 4.90. The zero-order valence-corrected chi connectivity index (χ0v) is 19.9. The number of fused-ring (bicyclic) bond motifs is 1. The van der Waals surface area contributed by atoms with E-state index in [1.54, 1.807) is 19.9 Å². The first-order valence-electron chi connectivity index (χ1n) is 11.0. The van der Waals surface area contributed by atoms with E-state index < -0.39 is 31.9 Å². The number of amidine groups is 1. The molecule has 1 saturated carbocycles. The molecular weight excluding hydrogens is 461 g/mol. The summed E-state index contributed by atoms with van der Waals surface area (Å²) in [5.41, 5.74) is 0.215. The monoisotopic (exact) mass is 487 g/mol. The summed E-state index contributed by atoms with van der Waals surface area (Å²) in [6.45, 7) is 3.29. The number of sulfone groups is 1. The highest BCUT2D eigenvalue weighted by Gasteiger charge is 2.61. The van der Waals surface area contributed by atoms with Gasteiger partial charge in [0.1, 0.15) is 22.7 Å². The maximum absolute atomic E-state index is 15.1. The topological polar surface area (TPSA) is 143 Å². The summed E-state index contributed by atoms with van der Waals surface area (Å²) in [5.74, 6) is -0.880. The van der Waals surface area contributed by atoms with Crippen molar-refractivity contribution in [1.29, 1.82) is 5.41 Å². The van der Waals surface area contributed by atoms with Crippen molar-refractivity contribution in [3.63, 3.8) is 0 Å². The van der Waals surface area contributed by atoms with Gasteiger partial charge < -0.3 is 15.4 Å². The van der Waals surface area contributed by atoms with Gasteiger partial charge in [0, 0.05) is 11.6 Å². The predicted molar refractivity (Wildman–Crippen MR) is 125 cm³/mol. The third-order valence-electron chi connectivity index (χ3n) is 7.18. The molecule has 0 spiro atoms. The van der Waals surface area contributed by atoms with Crippen molar-refractivity contribution in [3.8, 4) is 5.88 Å². The standard InChI is InChI=1S/C22H26FN7O3S/c1-21(10-34(31,32)22(2,12-4-5-12)20(24)30-21)14-8-13(6-7-15(14)23)28-18-17-19(27-11-26-18)29-16(33-3)9-25-17/h6-7,9,11-12,14H,4-5,8,10H2,1-3H3,(H2,24,30)(H,26,27,28,29)/t14?,21-,22-/m0/s1. The van der Waals surface area contributed by atoms with Crippen molar-refractivity contribution in [3.05, 3.63) is 36.2 Å². The number of aromatic nitrogens is 4. The van der Waals surface area contributed by atoms with Crippen LogP contribution >= 0.6 is 0 Å². The molecule has 1 unspecified atom stereocenters. The Balaban J connectivity index is 1.41. The Kier molecular flexibility index (Phi) is 5.12. The second-order valence-electron chi connectivity index (χ2n) is 9.49. The Morgan fingerprint density at radius 2 is 2.00 bits per heavy atom. The lowest BCUT2D eigenvalue weighted by atomic mass is 9.79. The van der Waals surface area contributed by atoms with Gasteiger partial charge in [0.05, 0.1) is 24.6 Å². The molecule has 10 nitrogen and oxygen atoms in total. The van der Waals surface area contributed by atoms with Crippen LogP contribution in [0.5, 0.6) is 5.88 Å². The van der Waals surface area contributed by atoms with Gasteiger partial charge in [-0.1, -0.05) is 0 Å². The van der Waals surface area contributed by atoms with E-state index in [9.17, 15) is 8.42 Å². The van der Waals surface area contributed by atoms with E-state index in [-0.39, 0.29) is 23.9 Å². The van der Waals surface area contributed by atoms with Crippen LogP contribution in [0.4, 0.5) is 10.2 Å². The van der Waals surface area contributed by atoms with E-state index in [1.165, 1.54) is 25.7 Å². The Bertz CT molecular complexity index is 1360. The minimum Gasteiger partial charge on any atom is -0.480 e. The highest BCUT2D eigenvalue weighted by Crippen LogP contribution is 2.49. The third kappa shape index (κ3) is 3.51. The molecule has 34 heavy (non-hydrogen) atoms. The second-order valence-corrected chi connectivity index (χ2v) is 11.9. The molecule has 3 N–H and O–H groups in total. The first kappa shape index (κ1) is 22.6. The van der Waals surface area contributed by atoms with Crippen LogP contribution in [0.1, 0.15) is 33.1 Å². The zero-order valence-electron chi connectivity index (χ0n) is 19.1. The van der Waals surface area contributed by atoms with Crippen LogP contribution in [0.15, 0.2) is 36.2 Å². The minimum atomic E-state index is -3.67. The van der Waals surface area contributed by atoms with Crippen molar-refractivity contribution in [2.45, 2.75) is 43.4 Å². The summed E-state index contributed by atoms with van der Waals surface area (Å²) in [5, 5.41) is 14.8. The number of rotatable bonds is 5. The van der Waals surface area contributed by atoms with Crippen molar-refractivity contribution in [2.24, 2.45) is 11.8 Å². The highest BCUT2D eigenvalue weighted by molar-refractivity contribution is 7.93. The second kappa shape index (κ2) is 7.69. The quantitative estimate of drug-likeness (QED) is 0.580. The van der Waals surface area contributed by atoms with Gasteiger partial charge in [-0.05, 0) is 51.2 Å². The van der Waals surface area contributed by atoms with Crippen molar-refractivity contribution in [2.75, 3.05) is 18.2 Å². The minimum absolute atomic E-state index is 0.0494. The van der Waals surface area contributed by atoms with Gasteiger partial charge in [0.2, 0.25) is 5.88 Å². The van der Waals surface area contributed by atoms with E-state index >= 15 is 4.39 Å². The molecule has 2 aromatic rings. The van der Waals surface area contributed by atoms with Crippen LogP contribution in [0.2, 0.25) is 0 Å². The van der Waals surface area contributed by atoms with Crippen LogP contribution in [0.3, 0.4) is 0 Å². The molecule has 12 heteroatoms. The lowest BCUT2D eigenvalue weighted by Crippen LogP contribution is -2.69. The van der Waals surface area contributed by atoms with E-state index in [0.717, 1.165) is 12.8 Å². The maximum Gasteiger partial charge on any atom is 0.234 e. The molecular formula is C22H26FN7O3S. The number of nitrogens with zero attached hydrogens (tertiary/aromatic N) is 4. The third-order valence-corrected chi connectivity index (χ3v) is 9.99. The Hall–Kier alpha value is -3.15. The number of ether oxygens (including phenoxy) is 1. The summed E-state index contributed by atoms with van der Waals surface area (Å²) in [7, 11) is -2.19. The summed E-state index contributed by atoms with van der Waals surface area (Å²) >= 11 is 0. The van der Waals surface area contributed by atoms with Crippen LogP contribution in [-0.4, -0.2) is 57.3 Å². The van der Waals surface area contributed by atoms with E-state index in [2.05, 4.69) is 30.6 Å². The summed E-state index contributed by atoms with van der Waals surface area (Å²) < 4.78 is 45.6. The Morgan fingerprint density at radius 3 is 2.68 bits per heavy atom. The number of nitrogens with one attached hydrogen (secondary N) is 3. The molecule has 0 radical (unpaired) electrons. The number of hydrogen-bond donors (Lipinski definition) is 3. The molecule has 5 rings (SSSR count). The molecule has 3 atom stereocenters. The van der Waals surface area contributed by atoms with Crippen LogP contribution in [-0.2, 0) is 9.84 Å². The summed E-state index contributed by atoms with van der Waals surface area (Å²) in [6, 6.07) is 0. The fraction of sp³-hybridized carbons (Fsp3) is 0.500. The molecule has 0 aromatic carbocycles. The molecule has 180 valence electrons. The number of allylic oxidation sites excluding steroid dienone is 3. The van der Waals surface area contributed by atoms with Crippen molar-refractivity contribution >= 4 is 32.7 Å². The SMILES string of the molecule is COc1cnc2c(NC3=CC=C(F)C([C@]4(C)CS(=O)(=O)[C@@](C)(C5CC5)C(=N)N4)C3)ncnc2n1. The zero-order chi connectivity index (χ0) is 24.3. The van der Waals surface area contributed by atoms with E-state index in [4.69, 9.17) is 10.1 Å². The first-order valence-corrected chi connectivity index (χ1v) is 12.7. The average molecular weight is 488 g/mol. The fourth-order valence-corrected chi connectivity index (χ4v) is 7.36. The molecule has 0 amide bonds. The molecule has 1 saturated heterocycles. The van der Waals surface area contributed by atoms with Gasteiger partial charge in [0.25, 0.3) is 0 Å². The first-order chi connectivity index (χ1) is 16.1. The van der Waals surface area contributed by atoms with Gasteiger partial charge in [-0.3, -0.25) is 5.41 Å². The summed E-state index contributed by atoms with van der Waals surface area (Å²) in [6.07, 6.45) is 7.47. The maximum atomic E-state index is 15.1. The van der Waals surface area contributed by atoms with Crippen LogP contribution in [0, 0.1) is 17.2 Å². The van der Waals surface area contributed by atoms with E-state index in [1.807, 2.05) is 0 Å². The largest absolute Gasteiger partial charge is 0.480 e. The molecule has 3 aliphatic rings. The average Bonchev–Trinajstić information content (AvgIpc) is 3.64. The lowest BCUT2D eigenvalue weighted by molar-refractivity contribution is 0.272. The van der Waals surface area contributed by atoms with Crippen molar-refractivity contribution < 1.29 is 17.5 Å². The number of hydrogen-bond acceptors (Lipinski definition) is 9. The van der Waals surface area contributed by atoms with Crippen LogP contribution < -0.4 is 15.4 Å².